The van der Waals surface area contributed by atoms with Crippen molar-refractivity contribution in [3.63, 3.8) is 0 Å². The molecule has 0 aliphatic carbocycles. The molecule has 0 saturated carbocycles. The Morgan fingerprint density at radius 2 is 2.19 bits per heavy atom. The van der Waals surface area contributed by atoms with Gasteiger partial charge in [-0.3, -0.25) is 4.90 Å². The van der Waals surface area contributed by atoms with Crippen molar-refractivity contribution < 1.29 is 9.47 Å². The molecule has 1 rings (SSSR count). The van der Waals surface area contributed by atoms with E-state index in [-0.39, 0.29) is 12.8 Å². The number of benzene rings is 1. The van der Waals surface area contributed by atoms with E-state index in [1.54, 1.807) is 7.11 Å². The number of nitrogens with zero attached hydrogens (tertiary/aromatic N) is 2. The number of hydrogen-bond donors (Lipinski definition) is 0. The van der Waals surface area contributed by atoms with Crippen LogP contribution in [0.25, 0.3) is 0 Å². The molecule has 0 aromatic heterocycles. The molecule has 1 aromatic carbocycles. The summed E-state index contributed by atoms with van der Waals surface area (Å²) >= 11 is 0. The first-order valence-electron chi connectivity index (χ1n) is 4.96. The van der Waals surface area contributed by atoms with E-state index in [0.29, 0.717) is 5.75 Å². The van der Waals surface area contributed by atoms with Gasteiger partial charge in [0.15, 0.2) is 6.79 Å². The summed E-state index contributed by atoms with van der Waals surface area (Å²) in [4.78, 5) is 1.86. The van der Waals surface area contributed by atoms with Gasteiger partial charge in [0.05, 0.1) is 6.07 Å². The number of hydrogen-bond acceptors (Lipinski definition) is 4. The maximum atomic E-state index is 9.06. The van der Waals surface area contributed by atoms with Crippen LogP contribution in [0.1, 0.15) is 11.6 Å². The molecule has 0 aliphatic rings. The number of ether oxygens (including phenoxy) is 2. The number of methoxy groups -OCH3 is 1. The highest BCUT2D eigenvalue weighted by molar-refractivity contribution is 5.33. The first-order chi connectivity index (χ1) is 7.69. The van der Waals surface area contributed by atoms with Crippen LogP contribution in [-0.4, -0.2) is 32.9 Å². The highest BCUT2D eigenvalue weighted by Gasteiger charge is 2.13. The van der Waals surface area contributed by atoms with Crippen molar-refractivity contribution in [2.75, 3.05) is 28.0 Å². The smallest absolute Gasteiger partial charge is 0.188 e. The molecular formula is C12H16N2O2. The predicted molar refractivity (Wildman–Crippen MR) is 61.0 cm³/mol. The zero-order chi connectivity index (χ0) is 12.0. The summed E-state index contributed by atoms with van der Waals surface area (Å²) in [5.41, 5.74) is 0.918. The molecule has 1 unspecified atom stereocenters. The monoisotopic (exact) mass is 220 g/mol. The summed E-state index contributed by atoms with van der Waals surface area (Å²) in [5.74, 6) is 0.710. The van der Waals surface area contributed by atoms with E-state index in [4.69, 9.17) is 14.7 Å². The molecule has 86 valence electrons. The largest absolute Gasteiger partial charge is 0.468 e. The van der Waals surface area contributed by atoms with Crippen LogP contribution in [0.4, 0.5) is 0 Å². The van der Waals surface area contributed by atoms with E-state index in [2.05, 4.69) is 6.07 Å². The highest BCUT2D eigenvalue weighted by Crippen LogP contribution is 2.21. The quantitative estimate of drug-likeness (QED) is 0.710. The van der Waals surface area contributed by atoms with Crippen LogP contribution in [-0.2, 0) is 4.74 Å². The molecule has 0 N–H and O–H groups in total. The molecule has 0 fully saturated rings. The summed E-state index contributed by atoms with van der Waals surface area (Å²) in [7, 11) is 5.31. The standard InChI is InChI=1S/C12H16N2O2/c1-14(2)12(8-13)10-5-4-6-11(7-10)16-9-15-3/h4-7,12H,9H2,1-3H3. The molecular weight excluding hydrogens is 204 g/mol. The third kappa shape index (κ3) is 3.23. The van der Waals surface area contributed by atoms with E-state index in [0.717, 1.165) is 5.56 Å². The lowest BCUT2D eigenvalue weighted by atomic mass is 10.1. The molecule has 1 aromatic rings. The molecule has 0 radical (unpaired) electrons. The van der Waals surface area contributed by atoms with Gasteiger partial charge in [0.1, 0.15) is 11.8 Å². The summed E-state index contributed by atoms with van der Waals surface area (Å²) < 4.78 is 10.1. The molecule has 16 heavy (non-hydrogen) atoms. The SMILES string of the molecule is COCOc1cccc(C(C#N)N(C)C)c1. The van der Waals surface area contributed by atoms with Gasteiger partial charge in [-0.1, -0.05) is 12.1 Å². The summed E-state index contributed by atoms with van der Waals surface area (Å²) in [6.07, 6.45) is 0. The van der Waals surface area contributed by atoms with Crippen molar-refractivity contribution in [3.05, 3.63) is 29.8 Å². The fraction of sp³-hybridized carbons (Fsp3) is 0.417. The molecule has 0 spiro atoms. The van der Waals surface area contributed by atoms with Crippen molar-refractivity contribution >= 4 is 0 Å². The van der Waals surface area contributed by atoms with E-state index < -0.39 is 0 Å². The highest BCUT2D eigenvalue weighted by atomic mass is 16.7. The van der Waals surface area contributed by atoms with Crippen molar-refractivity contribution in [3.8, 4) is 11.8 Å². The summed E-state index contributed by atoms with van der Waals surface area (Å²) in [5, 5.41) is 9.06. The van der Waals surface area contributed by atoms with Gasteiger partial charge < -0.3 is 9.47 Å². The maximum Gasteiger partial charge on any atom is 0.188 e. The van der Waals surface area contributed by atoms with E-state index in [9.17, 15) is 0 Å². The normalized spacial score (nSPS) is 12.2. The Labute approximate surface area is 96.0 Å². The zero-order valence-corrected chi connectivity index (χ0v) is 9.80. The van der Waals surface area contributed by atoms with Gasteiger partial charge in [0, 0.05) is 7.11 Å². The summed E-state index contributed by atoms with van der Waals surface area (Å²) in [6.45, 7) is 0.211. The summed E-state index contributed by atoms with van der Waals surface area (Å²) in [6, 6.07) is 9.46. The number of nitriles is 1. The van der Waals surface area contributed by atoms with E-state index in [1.165, 1.54) is 0 Å². The van der Waals surface area contributed by atoms with Crippen molar-refractivity contribution in [1.29, 1.82) is 5.26 Å². The molecule has 4 nitrogen and oxygen atoms in total. The van der Waals surface area contributed by atoms with Gasteiger partial charge in [-0.25, -0.2) is 0 Å². The first-order valence-corrected chi connectivity index (χ1v) is 4.96. The van der Waals surface area contributed by atoms with E-state index in [1.807, 2.05) is 43.3 Å². The zero-order valence-electron chi connectivity index (χ0n) is 9.80. The fourth-order valence-corrected chi connectivity index (χ4v) is 1.39. The Bertz CT molecular complexity index is 372. The fourth-order valence-electron chi connectivity index (χ4n) is 1.39. The topological polar surface area (TPSA) is 45.5 Å². The second-order valence-corrected chi connectivity index (χ2v) is 3.62. The van der Waals surface area contributed by atoms with Crippen molar-refractivity contribution in [2.24, 2.45) is 0 Å². The molecule has 0 heterocycles. The van der Waals surface area contributed by atoms with Crippen LogP contribution >= 0.6 is 0 Å². The van der Waals surface area contributed by atoms with Crippen LogP contribution in [0.3, 0.4) is 0 Å². The first kappa shape index (κ1) is 12.5. The van der Waals surface area contributed by atoms with Crippen molar-refractivity contribution in [2.45, 2.75) is 6.04 Å². The Hall–Kier alpha value is -1.57. The Morgan fingerprint density at radius 3 is 2.75 bits per heavy atom. The second-order valence-electron chi connectivity index (χ2n) is 3.62. The molecule has 0 bridgehead atoms. The Kier molecular flexibility index (Phi) is 4.77. The Morgan fingerprint density at radius 1 is 1.44 bits per heavy atom. The van der Waals surface area contributed by atoms with Gasteiger partial charge in [-0.15, -0.1) is 0 Å². The predicted octanol–water partition coefficient (Wildman–Crippen LogP) is 1.80. The van der Waals surface area contributed by atoms with Crippen LogP contribution < -0.4 is 4.74 Å². The third-order valence-electron chi connectivity index (χ3n) is 2.16. The molecule has 0 amide bonds. The minimum absolute atomic E-state index is 0.211. The van der Waals surface area contributed by atoms with Gasteiger partial charge in [0.2, 0.25) is 0 Å². The third-order valence-corrected chi connectivity index (χ3v) is 2.16. The lowest BCUT2D eigenvalue weighted by Crippen LogP contribution is -2.18. The van der Waals surface area contributed by atoms with Crippen LogP contribution in [0.15, 0.2) is 24.3 Å². The van der Waals surface area contributed by atoms with Crippen LogP contribution in [0.2, 0.25) is 0 Å². The van der Waals surface area contributed by atoms with Gasteiger partial charge in [0.25, 0.3) is 0 Å². The Balaban J connectivity index is 2.85. The molecule has 0 saturated heterocycles. The molecule has 1 atom stereocenters. The molecule has 4 heteroatoms. The van der Waals surface area contributed by atoms with Gasteiger partial charge in [-0.2, -0.15) is 5.26 Å². The van der Waals surface area contributed by atoms with E-state index >= 15 is 0 Å². The minimum Gasteiger partial charge on any atom is -0.468 e. The number of rotatable bonds is 5. The van der Waals surface area contributed by atoms with Crippen molar-refractivity contribution in [1.82, 2.24) is 4.90 Å². The van der Waals surface area contributed by atoms with Gasteiger partial charge >= 0.3 is 0 Å². The second kappa shape index (κ2) is 6.11. The maximum absolute atomic E-state index is 9.06. The van der Waals surface area contributed by atoms with Crippen LogP contribution in [0, 0.1) is 11.3 Å². The molecule has 0 aliphatic heterocycles. The average molecular weight is 220 g/mol. The minimum atomic E-state index is -0.258. The lowest BCUT2D eigenvalue weighted by molar-refractivity contribution is 0.0510. The lowest BCUT2D eigenvalue weighted by Gasteiger charge is -2.18. The van der Waals surface area contributed by atoms with Gasteiger partial charge in [-0.05, 0) is 31.8 Å². The average Bonchev–Trinajstić information content (AvgIpc) is 2.27. The van der Waals surface area contributed by atoms with Crippen LogP contribution in [0.5, 0.6) is 5.75 Å².